The highest BCUT2D eigenvalue weighted by Crippen LogP contribution is 2.38. The topological polar surface area (TPSA) is 38.0 Å². The highest BCUT2D eigenvalue weighted by Gasteiger charge is 2.31. The highest BCUT2D eigenvalue weighted by atomic mass is 35.5. The van der Waals surface area contributed by atoms with Gasteiger partial charge in [-0.3, -0.25) is 4.68 Å². The van der Waals surface area contributed by atoms with Gasteiger partial charge in [-0.25, -0.2) is 0 Å². The van der Waals surface area contributed by atoms with Crippen LogP contribution in [0.15, 0.2) is 0 Å². The van der Waals surface area contributed by atoms with Crippen molar-refractivity contribution in [2.24, 2.45) is 7.05 Å². The van der Waals surface area contributed by atoms with Gasteiger partial charge in [0.2, 0.25) is 0 Å². The fourth-order valence-electron chi connectivity index (χ4n) is 2.38. The van der Waals surface area contributed by atoms with Crippen LogP contribution >= 0.6 is 35.1 Å². The predicted octanol–water partition coefficient (Wildman–Crippen LogP) is 3.16. The Bertz CT molecular complexity index is 466. The van der Waals surface area contributed by atoms with E-state index in [4.69, 9.17) is 11.6 Å². The fourth-order valence-corrected chi connectivity index (χ4v) is 5.77. The van der Waals surface area contributed by atoms with Crippen molar-refractivity contribution in [2.75, 3.05) is 5.75 Å². The number of halogens is 1. The first-order valence-electron chi connectivity index (χ1n) is 7.09. The van der Waals surface area contributed by atoms with Gasteiger partial charge in [0, 0.05) is 35.0 Å². The second-order valence-corrected chi connectivity index (χ2v) is 8.78. The van der Waals surface area contributed by atoms with Crippen molar-refractivity contribution in [1.29, 1.82) is 0 Å². The third-order valence-corrected chi connectivity index (χ3v) is 7.88. The van der Waals surface area contributed by atoms with Crippen LogP contribution in [0.2, 0.25) is 5.02 Å². The standard InChI is InChI=1S/C14H23ClN2OS2/c1-5-10-14(15)11(17(4)16-10)6-12(18)13-7-19-8(2)9(3)20-13/h8-9,12-13,18H,5-7H2,1-4H3. The maximum absolute atomic E-state index is 10.5. The Labute approximate surface area is 134 Å². The summed E-state index contributed by atoms with van der Waals surface area (Å²) in [5.41, 5.74) is 1.87. The van der Waals surface area contributed by atoms with Crippen molar-refractivity contribution in [3.8, 4) is 0 Å². The van der Waals surface area contributed by atoms with Gasteiger partial charge in [0.25, 0.3) is 0 Å². The Balaban J connectivity index is 2.04. The van der Waals surface area contributed by atoms with E-state index in [1.165, 1.54) is 0 Å². The third kappa shape index (κ3) is 3.49. The molecule has 114 valence electrons. The van der Waals surface area contributed by atoms with Crippen LogP contribution in [0.5, 0.6) is 0 Å². The molecule has 20 heavy (non-hydrogen) atoms. The van der Waals surface area contributed by atoms with Crippen LogP contribution in [0.25, 0.3) is 0 Å². The summed E-state index contributed by atoms with van der Waals surface area (Å²) in [6.45, 7) is 6.55. The van der Waals surface area contributed by atoms with E-state index in [9.17, 15) is 5.11 Å². The van der Waals surface area contributed by atoms with E-state index < -0.39 is 0 Å². The zero-order valence-electron chi connectivity index (χ0n) is 12.5. The Morgan fingerprint density at radius 1 is 1.45 bits per heavy atom. The van der Waals surface area contributed by atoms with E-state index in [0.29, 0.717) is 16.9 Å². The van der Waals surface area contributed by atoms with Gasteiger partial charge in [-0.2, -0.15) is 28.6 Å². The summed E-state index contributed by atoms with van der Waals surface area (Å²) in [5, 5.41) is 17.2. The molecule has 4 atom stereocenters. The minimum absolute atomic E-state index is 0.280. The fraction of sp³-hybridized carbons (Fsp3) is 0.786. The van der Waals surface area contributed by atoms with Crippen molar-refractivity contribution in [1.82, 2.24) is 9.78 Å². The van der Waals surface area contributed by atoms with E-state index in [1.54, 1.807) is 0 Å². The maximum Gasteiger partial charge on any atom is 0.0850 e. The van der Waals surface area contributed by atoms with Gasteiger partial charge in [0.05, 0.1) is 22.5 Å². The molecule has 0 amide bonds. The number of nitrogens with zero attached hydrogens (tertiary/aromatic N) is 2. The lowest BCUT2D eigenvalue weighted by Gasteiger charge is -2.33. The summed E-state index contributed by atoms with van der Waals surface area (Å²) in [7, 11) is 1.90. The average molecular weight is 335 g/mol. The second kappa shape index (κ2) is 6.95. The van der Waals surface area contributed by atoms with Crippen molar-refractivity contribution in [3.05, 3.63) is 16.4 Å². The SMILES string of the molecule is CCc1nn(C)c(CC(O)C2CSC(C)C(C)S2)c1Cl. The summed E-state index contributed by atoms with van der Waals surface area (Å²) in [6, 6.07) is 0. The quantitative estimate of drug-likeness (QED) is 0.917. The van der Waals surface area contributed by atoms with Crippen LogP contribution in [0, 0.1) is 0 Å². The first-order valence-corrected chi connectivity index (χ1v) is 9.46. The second-order valence-electron chi connectivity index (χ2n) is 5.37. The summed E-state index contributed by atoms with van der Waals surface area (Å²) >= 11 is 10.2. The Hall–Kier alpha value is 0.160. The average Bonchev–Trinajstić information content (AvgIpc) is 2.69. The number of aryl methyl sites for hydroxylation is 2. The first-order chi connectivity index (χ1) is 9.43. The minimum atomic E-state index is -0.361. The van der Waals surface area contributed by atoms with Crippen molar-refractivity contribution in [3.63, 3.8) is 0 Å². The normalized spacial score (nSPS) is 28.6. The molecule has 2 heterocycles. The van der Waals surface area contributed by atoms with Gasteiger partial charge in [-0.1, -0.05) is 32.4 Å². The molecule has 0 aromatic carbocycles. The van der Waals surface area contributed by atoms with Crippen LogP contribution in [0.3, 0.4) is 0 Å². The number of aliphatic hydroxyl groups is 1. The first kappa shape index (κ1) is 16.5. The zero-order valence-corrected chi connectivity index (χ0v) is 14.9. The predicted molar refractivity (Wildman–Crippen MR) is 90.1 cm³/mol. The number of aliphatic hydroxyl groups excluding tert-OH is 1. The maximum atomic E-state index is 10.5. The van der Waals surface area contributed by atoms with Crippen LogP contribution < -0.4 is 0 Å². The van der Waals surface area contributed by atoms with E-state index in [2.05, 4.69) is 18.9 Å². The Morgan fingerprint density at radius 3 is 2.70 bits per heavy atom. The number of hydrogen-bond acceptors (Lipinski definition) is 4. The van der Waals surface area contributed by atoms with Gasteiger partial charge < -0.3 is 5.11 Å². The number of rotatable bonds is 4. The lowest BCUT2D eigenvalue weighted by Crippen LogP contribution is -2.36. The molecule has 2 rings (SSSR count). The third-order valence-electron chi connectivity index (χ3n) is 3.91. The van der Waals surface area contributed by atoms with Gasteiger partial charge in [-0.05, 0) is 6.42 Å². The molecule has 1 aliphatic rings. The summed E-state index contributed by atoms with van der Waals surface area (Å²) in [6.07, 6.45) is 1.05. The number of aromatic nitrogens is 2. The summed E-state index contributed by atoms with van der Waals surface area (Å²) < 4.78 is 1.82. The number of thioether (sulfide) groups is 2. The lowest BCUT2D eigenvalue weighted by atomic mass is 10.1. The molecule has 0 saturated carbocycles. The van der Waals surface area contributed by atoms with Gasteiger partial charge in [-0.15, -0.1) is 0 Å². The molecule has 1 aromatic rings. The summed E-state index contributed by atoms with van der Waals surface area (Å²) in [4.78, 5) is 0. The van der Waals surface area contributed by atoms with E-state index in [-0.39, 0.29) is 11.4 Å². The van der Waals surface area contributed by atoms with E-state index in [1.807, 2.05) is 42.2 Å². The Morgan fingerprint density at radius 2 is 2.15 bits per heavy atom. The van der Waals surface area contributed by atoms with Crippen molar-refractivity contribution >= 4 is 35.1 Å². The van der Waals surface area contributed by atoms with E-state index in [0.717, 1.165) is 28.6 Å². The minimum Gasteiger partial charge on any atom is -0.392 e. The smallest absolute Gasteiger partial charge is 0.0850 e. The lowest BCUT2D eigenvalue weighted by molar-refractivity contribution is 0.174. The van der Waals surface area contributed by atoms with Crippen molar-refractivity contribution in [2.45, 2.75) is 55.5 Å². The van der Waals surface area contributed by atoms with Crippen LogP contribution in [0.1, 0.15) is 32.2 Å². The molecule has 0 spiro atoms. The van der Waals surface area contributed by atoms with Gasteiger partial charge >= 0.3 is 0 Å². The van der Waals surface area contributed by atoms with Crippen molar-refractivity contribution < 1.29 is 5.11 Å². The zero-order chi connectivity index (χ0) is 14.9. The molecular formula is C14H23ClN2OS2. The van der Waals surface area contributed by atoms with Crippen LogP contribution in [-0.2, 0) is 19.9 Å². The summed E-state index contributed by atoms with van der Waals surface area (Å²) in [5.74, 6) is 1.01. The molecule has 1 fully saturated rings. The molecule has 1 saturated heterocycles. The largest absolute Gasteiger partial charge is 0.392 e. The molecule has 0 radical (unpaired) electrons. The molecule has 1 aliphatic heterocycles. The molecule has 0 bridgehead atoms. The molecule has 6 heteroatoms. The molecule has 0 aliphatic carbocycles. The molecule has 1 aromatic heterocycles. The molecular weight excluding hydrogens is 312 g/mol. The Kier molecular flexibility index (Phi) is 5.74. The van der Waals surface area contributed by atoms with Crippen LogP contribution in [0.4, 0.5) is 0 Å². The highest BCUT2D eigenvalue weighted by molar-refractivity contribution is 8.07. The van der Waals surface area contributed by atoms with E-state index >= 15 is 0 Å². The van der Waals surface area contributed by atoms with Gasteiger partial charge in [0.15, 0.2) is 0 Å². The van der Waals surface area contributed by atoms with Crippen LogP contribution in [-0.4, -0.2) is 42.5 Å². The monoisotopic (exact) mass is 334 g/mol. The molecule has 3 nitrogen and oxygen atoms in total. The van der Waals surface area contributed by atoms with Gasteiger partial charge in [0.1, 0.15) is 0 Å². The molecule has 4 unspecified atom stereocenters. The number of hydrogen-bond donors (Lipinski definition) is 1. The molecule has 1 N–H and O–H groups in total.